The number of aliphatic imine (C=N–C) groups is 1. The number of unbranched alkanes of at least 4 members (excludes halogenated alkanes) is 3. The number of nitrogens with one attached hydrogen (secondary N) is 1. The first-order valence-electron chi connectivity index (χ1n) is 19.8. The highest BCUT2D eigenvalue weighted by atomic mass is 16.5. The van der Waals surface area contributed by atoms with Gasteiger partial charge in [-0.3, -0.25) is 19.4 Å². The van der Waals surface area contributed by atoms with Crippen molar-refractivity contribution in [2.45, 2.75) is 153 Å². The third-order valence-electron chi connectivity index (χ3n) is 13.6. The molecule has 5 rings (SSSR count). The van der Waals surface area contributed by atoms with Gasteiger partial charge in [-0.1, -0.05) is 26.7 Å². The fourth-order valence-electron chi connectivity index (χ4n) is 10.9. The summed E-state index contributed by atoms with van der Waals surface area (Å²) in [4.78, 5) is 64.5. The van der Waals surface area contributed by atoms with Crippen LogP contribution < -0.4 is 22.4 Å². The Morgan fingerprint density at radius 2 is 1.72 bits per heavy atom. The molecule has 0 saturated heterocycles. The minimum absolute atomic E-state index is 0.0121. The number of aliphatic hydroxyl groups is 1. The van der Waals surface area contributed by atoms with Gasteiger partial charge < -0.3 is 40.9 Å². The predicted molar refractivity (Wildman–Crippen MR) is 199 cm³/mol. The van der Waals surface area contributed by atoms with Crippen molar-refractivity contribution in [3.8, 4) is 0 Å². The smallest absolute Gasteiger partial charge is 0.335 e. The van der Waals surface area contributed by atoms with E-state index in [9.17, 15) is 34.2 Å². The molecule has 10 atom stereocenters. The SMILES string of the molecule is CC(=O)O[C@H]1C[C@]2(O)[C@@H]3CC[C@@H]4C[C@@H](OC(=O)CCCCCCC(=O)NC(CCCN=C(N)N)C(=O)O)CC[C@]4(C)[C@H]3CC[C@]2(C)[C@H]1c1ccc(=O)oc1. The van der Waals surface area contributed by atoms with Gasteiger partial charge >= 0.3 is 23.5 Å². The largest absolute Gasteiger partial charge is 0.480 e. The van der Waals surface area contributed by atoms with Crippen LogP contribution in [0.15, 0.2) is 32.6 Å². The van der Waals surface area contributed by atoms with Crippen LogP contribution in [0, 0.1) is 28.6 Å². The average Bonchev–Trinajstić information content (AvgIpc) is 3.33. The summed E-state index contributed by atoms with van der Waals surface area (Å²) < 4.78 is 17.1. The van der Waals surface area contributed by atoms with Crippen LogP contribution in [0.5, 0.6) is 0 Å². The normalized spacial score (nSPS) is 33.3. The fourth-order valence-corrected chi connectivity index (χ4v) is 10.9. The van der Waals surface area contributed by atoms with Crippen molar-refractivity contribution >= 4 is 29.8 Å². The number of hydrogen-bond acceptors (Lipinski definition) is 10. The molecule has 54 heavy (non-hydrogen) atoms. The second kappa shape index (κ2) is 17.2. The summed E-state index contributed by atoms with van der Waals surface area (Å²) in [6.07, 6.45) is 11.0. The van der Waals surface area contributed by atoms with Crippen molar-refractivity contribution in [2.75, 3.05) is 6.54 Å². The van der Waals surface area contributed by atoms with Crippen LogP contribution in [0.4, 0.5) is 0 Å². The number of nitrogens with zero attached hydrogens (tertiary/aromatic N) is 1. The second-order valence-corrected chi connectivity index (χ2v) is 16.8. The predicted octanol–water partition coefficient (Wildman–Crippen LogP) is 4.30. The Bertz CT molecular complexity index is 1590. The summed E-state index contributed by atoms with van der Waals surface area (Å²) in [6.45, 7) is 6.16. The van der Waals surface area contributed by atoms with Gasteiger partial charge in [-0.2, -0.15) is 0 Å². The molecule has 0 spiro atoms. The zero-order chi connectivity index (χ0) is 39.3. The van der Waals surface area contributed by atoms with E-state index in [2.05, 4.69) is 24.2 Å². The molecule has 14 heteroatoms. The lowest BCUT2D eigenvalue weighted by molar-refractivity contribution is -0.207. The Labute approximate surface area is 317 Å². The number of nitrogens with two attached hydrogens (primary N) is 2. The summed E-state index contributed by atoms with van der Waals surface area (Å²) >= 11 is 0. The van der Waals surface area contributed by atoms with Gasteiger partial charge in [0.2, 0.25) is 5.91 Å². The number of rotatable bonds is 16. The number of esters is 2. The van der Waals surface area contributed by atoms with Gasteiger partial charge in [0.1, 0.15) is 18.2 Å². The van der Waals surface area contributed by atoms with Crippen molar-refractivity contribution < 1.29 is 43.3 Å². The minimum Gasteiger partial charge on any atom is -0.480 e. The van der Waals surface area contributed by atoms with E-state index in [0.29, 0.717) is 44.6 Å². The van der Waals surface area contributed by atoms with Gasteiger partial charge in [-0.15, -0.1) is 0 Å². The van der Waals surface area contributed by atoms with Gasteiger partial charge in [0.05, 0.1) is 11.9 Å². The van der Waals surface area contributed by atoms with Crippen LogP contribution in [0.2, 0.25) is 0 Å². The minimum atomic E-state index is -1.10. The van der Waals surface area contributed by atoms with Gasteiger partial charge in [0, 0.05) is 50.1 Å². The lowest BCUT2D eigenvalue weighted by Gasteiger charge is -2.63. The van der Waals surface area contributed by atoms with E-state index in [1.807, 2.05) is 0 Å². The number of ether oxygens (including phenoxy) is 2. The first-order valence-corrected chi connectivity index (χ1v) is 19.8. The molecule has 0 radical (unpaired) electrons. The van der Waals surface area contributed by atoms with Crippen LogP contribution in [0.3, 0.4) is 0 Å². The molecule has 1 amide bonds. The Kier molecular flexibility index (Phi) is 13.2. The van der Waals surface area contributed by atoms with Gasteiger partial charge in [-0.25, -0.2) is 9.59 Å². The number of carbonyl (C=O) groups is 4. The zero-order valence-corrected chi connectivity index (χ0v) is 32.1. The van der Waals surface area contributed by atoms with Gasteiger partial charge in [0.15, 0.2) is 5.96 Å². The van der Waals surface area contributed by atoms with Crippen LogP contribution in [-0.4, -0.2) is 70.4 Å². The van der Waals surface area contributed by atoms with Crippen LogP contribution in [0.1, 0.15) is 135 Å². The Morgan fingerprint density at radius 1 is 0.981 bits per heavy atom. The van der Waals surface area contributed by atoms with E-state index in [4.69, 9.17) is 25.4 Å². The van der Waals surface area contributed by atoms with E-state index in [-0.39, 0.29) is 60.0 Å². The highest BCUT2D eigenvalue weighted by molar-refractivity contribution is 5.83. The van der Waals surface area contributed by atoms with Crippen molar-refractivity contribution in [1.82, 2.24) is 5.32 Å². The molecule has 4 aliphatic rings. The molecule has 1 aromatic heterocycles. The van der Waals surface area contributed by atoms with E-state index in [1.54, 1.807) is 6.07 Å². The fraction of sp³-hybridized carbons (Fsp3) is 0.750. The maximum absolute atomic E-state index is 12.9. The first kappa shape index (κ1) is 41.2. The number of fused-ring (bicyclic) bond motifs is 5. The third kappa shape index (κ3) is 8.95. The molecule has 300 valence electrons. The van der Waals surface area contributed by atoms with Crippen molar-refractivity contribution in [3.05, 3.63) is 34.4 Å². The molecule has 4 saturated carbocycles. The quantitative estimate of drug-likeness (QED) is 0.0688. The maximum atomic E-state index is 12.9. The molecule has 0 bridgehead atoms. The topological polar surface area (TPSA) is 234 Å². The first-order chi connectivity index (χ1) is 25.6. The Morgan fingerprint density at radius 3 is 2.39 bits per heavy atom. The standard InChI is InChI=1S/C40H60N4O10/c1-24(45)53-31-22-40(51)29-14-13-26-21-27(16-18-38(26,2)28(29)17-19-39(40,3)35(31)25-12-15-33(47)52-23-25)54-34(48)11-7-5-4-6-10-32(46)44-30(36(49)50)9-8-20-43-37(41)42/h12,15,23,26-31,35,51H,4-11,13-14,16-22H2,1-3H3,(H,44,46)(H,49,50)(H4,41,42,43)/t26-,27+,28+,29-,30?,31+,35+,38+,39-,40+/m1/s1. The van der Waals surface area contributed by atoms with Crippen molar-refractivity contribution in [2.24, 2.45) is 45.0 Å². The molecule has 14 nitrogen and oxygen atoms in total. The highest BCUT2D eigenvalue weighted by Gasteiger charge is 2.70. The summed E-state index contributed by atoms with van der Waals surface area (Å²) in [5.74, 6) is -1.69. The average molecular weight is 757 g/mol. The number of carboxylic acids is 1. The van der Waals surface area contributed by atoms with E-state index in [1.165, 1.54) is 19.3 Å². The lowest BCUT2D eigenvalue weighted by Crippen LogP contribution is -2.62. The summed E-state index contributed by atoms with van der Waals surface area (Å²) in [5, 5.41) is 24.7. The monoisotopic (exact) mass is 756 g/mol. The summed E-state index contributed by atoms with van der Waals surface area (Å²) in [6, 6.07) is 2.13. The number of hydrogen-bond donors (Lipinski definition) is 5. The summed E-state index contributed by atoms with van der Waals surface area (Å²) in [5.41, 5.74) is 9.24. The Hall–Kier alpha value is -3.94. The number of guanidine groups is 1. The number of aliphatic carboxylic acids is 1. The molecule has 1 unspecified atom stereocenters. The number of amides is 1. The molecule has 4 aliphatic carbocycles. The lowest BCUT2D eigenvalue weighted by atomic mass is 9.43. The van der Waals surface area contributed by atoms with E-state index < -0.39 is 40.7 Å². The van der Waals surface area contributed by atoms with Gasteiger partial charge in [-0.05, 0) is 105 Å². The van der Waals surface area contributed by atoms with Crippen LogP contribution in [0.25, 0.3) is 0 Å². The molecular formula is C40H60N4O10. The van der Waals surface area contributed by atoms with Gasteiger partial charge in [0.25, 0.3) is 0 Å². The molecule has 0 aromatic carbocycles. The molecule has 1 heterocycles. The van der Waals surface area contributed by atoms with Crippen molar-refractivity contribution in [1.29, 1.82) is 0 Å². The molecule has 7 N–H and O–H groups in total. The second-order valence-electron chi connectivity index (χ2n) is 16.8. The molecule has 1 aromatic rings. The van der Waals surface area contributed by atoms with Crippen molar-refractivity contribution in [3.63, 3.8) is 0 Å². The highest BCUT2D eigenvalue weighted by Crippen LogP contribution is 2.71. The maximum Gasteiger partial charge on any atom is 0.335 e. The number of carboxylic acid groups (broad SMARTS) is 1. The third-order valence-corrected chi connectivity index (χ3v) is 13.6. The summed E-state index contributed by atoms with van der Waals surface area (Å²) in [7, 11) is 0. The van der Waals surface area contributed by atoms with Crippen LogP contribution in [-0.2, 0) is 28.7 Å². The van der Waals surface area contributed by atoms with Crippen LogP contribution >= 0.6 is 0 Å². The molecule has 0 aliphatic heterocycles. The Balaban J connectivity index is 1.07. The van der Waals surface area contributed by atoms with E-state index >= 15 is 0 Å². The van der Waals surface area contributed by atoms with E-state index in [0.717, 1.165) is 63.4 Å². The zero-order valence-electron chi connectivity index (χ0n) is 32.1. The molecular weight excluding hydrogens is 696 g/mol. The number of carbonyl (C=O) groups excluding carboxylic acids is 3. The molecule has 4 fully saturated rings.